The minimum absolute atomic E-state index is 0.0713. The molecule has 0 radical (unpaired) electrons. The van der Waals surface area contributed by atoms with Crippen LogP contribution in [0.3, 0.4) is 0 Å². The van der Waals surface area contributed by atoms with E-state index in [2.05, 4.69) is 10.6 Å². The number of anilines is 1. The van der Waals surface area contributed by atoms with E-state index in [0.717, 1.165) is 0 Å². The standard InChI is InChI=1S/C25H32FN3O4/c1-9-18(30)22(25(5,6)7)28-24(33)21(31)20-14(3)19(15(4)29(20)8)23(32)27-16-10-11-17(26)13(2)12-16/h10-12,22H,9H2,1-8H3,(H,27,32)(H,28,33)/t22-/m0/s1. The van der Waals surface area contributed by atoms with Crippen LogP contribution in [0.2, 0.25) is 0 Å². The SMILES string of the molecule is CCC(=O)[C@H](NC(=O)C(=O)c1c(C)c(C(=O)Nc2ccc(F)c(C)c2)c(C)n1C)C(C)(C)C. The van der Waals surface area contributed by atoms with Crippen LogP contribution in [0.1, 0.15) is 71.8 Å². The van der Waals surface area contributed by atoms with Crippen molar-refractivity contribution in [2.75, 3.05) is 5.32 Å². The van der Waals surface area contributed by atoms with Gasteiger partial charge in [-0.2, -0.15) is 0 Å². The first-order chi connectivity index (χ1) is 15.2. The number of ketones is 2. The van der Waals surface area contributed by atoms with Crippen LogP contribution in [0.25, 0.3) is 0 Å². The van der Waals surface area contributed by atoms with Crippen molar-refractivity contribution in [2.24, 2.45) is 12.5 Å². The molecule has 0 aliphatic carbocycles. The van der Waals surface area contributed by atoms with Gasteiger partial charge in [0.25, 0.3) is 17.6 Å². The minimum Gasteiger partial charge on any atom is -0.344 e. The normalized spacial score (nSPS) is 12.3. The van der Waals surface area contributed by atoms with Gasteiger partial charge in [0.15, 0.2) is 5.78 Å². The predicted molar refractivity (Wildman–Crippen MR) is 125 cm³/mol. The number of aryl methyl sites for hydroxylation is 1. The Hall–Kier alpha value is -3.29. The highest BCUT2D eigenvalue weighted by Gasteiger charge is 2.35. The molecule has 1 atom stereocenters. The van der Waals surface area contributed by atoms with E-state index >= 15 is 0 Å². The van der Waals surface area contributed by atoms with E-state index in [1.165, 1.54) is 22.8 Å². The van der Waals surface area contributed by atoms with E-state index in [1.807, 2.05) is 20.8 Å². The van der Waals surface area contributed by atoms with Gasteiger partial charge in [-0.15, -0.1) is 0 Å². The molecule has 0 spiro atoms. The fourth-order valence-corrected chi connectivity index (χ4v) is 3.84. The second-order valence-electron chi connectivity index (χ2n) is 9.33. The summed E-state index contributed by atoms with van der Waals surface area (Å²) >= 11 is 0. The minimum atomic E-state index is -0.901. The molecule has 0 aliphatic heterocycles. The topological polar surface area (TPSA) is 97.3 Å². The van der Waals surface area contributed by atoms with Crippen LogP contribution in [-0.4, -0.2) is 34.0 Å². The van der Waals surface area contributed by atoms with Crippen LogP contribution in [0.4, 0.5) is 10.1 Å². The summed E-state index contributed by atoms with van der Waals surface area (Å²) in [7, 11) is 1.60. The molecule has 0 saturated carbocycles. The summed E-state index contributed by atoms with van der Waals surface area (Å²) in [5.74, 6) is -2.75. The molecule has 2 amide bonds. The molecule has 7 nitrogen and oxygen atoms in total. The quantitative estimate of drug-likeness (QED) is 0.484. The number of nitrogens with one attached hydrogen (secondary N) is 2. The number of hydrogen-bond donors (Lipinski definition) is 2. The number of halogens is 1. The first-order valence-corrected chi connectivity index (χ1v) is 10.8. The van der Waals surface area contributed by atoms with Crippen LogP contribution in [0.15, 0.2) is 18.2 Å². The van der Waals surface area contributed by atoms with Gasteiger partial charge >= 0.3 is 0 Å². The lowest BCUT2D eigenvalue weighted by molar-refractivity contribution is -0.128. The molecule has 2 rings (SSSR count). The maximum Gasteiger partial charge on any atom is 0.294 e. The summed E-state index contributed by atoms with van der Waals surface area (Å²) in [6.45, 7) is 12.0. The number of hydrogen-bond acceptors (Lipinski definition) is 4. The average Bonchev–Trinajstić information content (AvgIpc) is 2.95. The van der Waals surface area contributed by atoms with Gasteiger partial charge in [-0.25, -0.2) is 4.39 Å². The third-order valence-corrected chi connectivity index (χ3v) is 5.81. The van der Waals surface area contributed by atoms with Crippen LogP contribution in [0, 0.1) is 32.0 Å². The highest BCUT2D eigenvalue weighted by atomic mass is 19.1. The van der Waals surface area contributed by atoms with Gasteiger partial charge in [0.1, 0.15) is 5.82 Å². The van der Waals surface area contributed by atoms with Crippen molar-refractivity contribution < 1.29 is 23.6 Å². The van der Waals surface area contributed by atoms with E-state index in [4.69, 9.17) is 0 Å². The monoisotopic (exact) mass is 457 g/mol. The van der Waals surface area contributed by atoms with E-state index in [-0.39, 0.29) is 29.3 Å². The Morgan fingerprint density at radius 3 is 2.21 bits per heavy atom. The van der Waals surface area contributed by atoms with Gasteiger partial charge in [0, 0.05) is 24.8 Å². The zero-order chi connectivity index (χ0) is 25.2. The van der Waals surface area contributed by atoms with Crippen LogP contribution in [0.5, 0.6) is 0 Å². The molecule has 8 heteroatoms. The number of amides is 2. The van der Waals surface area contributed by atoms with E-state index in [9.17, 15) is 23.6 Å². The Bertz CT molecular complexity index is 1130. The molecule has 1 aromatic carbocycles. The third kappa shape index (κ3) is 5.38. The summed E-state index contributed by atoms with van der Waals surface area (Å²) in [5.41, 5.74) is 1.41. The second kappa shape index (κ2) is 9.68. The van der Waals surface area contributed by atoms with Crippen LogP contribution in [-0.2, 0) is 16.6 Å². The van der Waals surface area contributed by atoms with Gasteiger partial charge in [0.2, 0.25) is 0 Å². The molecule has 0 fully saturated rings. The third-order valence-electron chi connectivity index (χ3n) is 5.81. The molecule has 33 heavy (non-hydrogen) atoms. The maximum atomic E-state index is 13.5. The van der Waals surface area contributed by atoms with Crippen molar-refractivity contribution in [3.05, 3.63) is 52.1 Å². The van der Waals surface area contributed by atoms with Gasteiger partial charge in [0.05, 0.1) is 17.3 Å². The Labute approximate surface area is 193 Å². The van der Waals surface area contributed by atoms with Crippen molar-refractivity contribution >= 4 is 29.1 Å². The van der Waals surface area contributed by atoms with Gasteiger partial charge in [-0.3, -0.25) is 19.2 Å². The molecule has 0 bridgehead atoms. The lowest BCUT2D eigenvalue weighted by atomic mass is 9.83. The van der Waals surface area contributed by atoms with Crippen molar-refractivity contribution in [3.8, 4) is 0 Å². The summed E-state index contributed by atoms with van der Waals surface area (Å²) in [4.78, 5) is 51.2. The fourth-order valence-electron chi connectivity index (χ4n) is 3.84. The van der Waals surface area contributed by atoms with Crippen molar-refractivity contribution in [2.45, 2.75) is 60.9 Å². The first-order valence-electron chi connectivity index (χ1n) is 10.8. The highest BCUT2D eigenvalue weighted by molar-refractivity contribution is 6.43. The zero-order valence-electron chi connectivity index (χ0n) is 20.5. The van der Waals surface area contributed by atoms with E-state index < -0.39 is 29.1 Å². The first kappa shape index (κ1) is 26.0. The number of aromatic nitrogens is 1. The largest absolute Gasteiger partial charge is 0.344 e. The second-order valence-corrected chi connectivity index (χ2v) is 9.33. The van der Waals surface area contributed by atoms with Gasteiger partial charge in [-0.1, -0.05) is 27.7 Å². The molecule has 1 aromatic heterocycles. The number of nitrogens with zero attached hydrogens (tertiary/aromatic N) is 1. The van der Waals surface area contributed by atoms with Crippen molar-refractivity contribution in [1.29, 1.82) is 0 Å². The Morgan fingerprint density at radius 2 is 1.70 bits per heavy atom. The van der Waals surface area contributed by atoms with Gasteiger partial charge in [-0.05, 0) is 55.5 Å². The number of carbonyl (C=O) groups excluding carboxylic acids is 4. The number of carbonyl (C=O) groups is 4. The number of rotatable bonds is 7. The Balaban J connectivity index is 2.36. The molecule has 2 N–H and O–H groups in total. The summed E-state index contributed by atoms with van der Waals surface area (Å²) in [5, 5.41) is 5.30. The Morgan fingerprint density at radius 1 is 1.09 bits per heavy atom. The van der Waals surface area contributed by atoms with Crippen LogP contribution < -0.4 is 10.6 Å². The molecule has 1 heterocycles. The maximum absolute atomic E-state index is 13.5. The number of benzene rings is 1. The molecule has 178 valence electrons. The smallest absolute Gasteiger partial charge is 0.294 e. The highest BCUT2D eigenvalue weighted by Crippen LogP contribution is 2.25. The Kier molecular flexibility index (Phi) is 7.62. The fraction of sp³-hybridized carbons (Fsp3) is 0.440. The zero-order valence-corrected chi connectivity index (χ0v) is 20.5. The molecule has 0 saturated heterocycles. The molecular formula is C25H32FN3O4. The summed E-state index contributed by atoms with van der Waals surface area (Å²) in [6, 6.07) is 3.41. The summed E-state index contributed by atoms with van der Waals surface area (Å²) in [6.07, 6.45) is 0.228. The lowest BCUT2D eigenvalue weighted by Crippen LogP contribution is -2.51. The van der Waals surface area contributed by atoms with Crippen molar-refractivity contribution in [3.63, 3.8) is 0 Å². The lowest BCUT2D eigenvalue weighted by Gasteiger charge is -2.29. The molecular weight excluding hydrogens is 425 g/mol. The van der Waals surface area contributed by atoms with Gasteiger partial charge < -0.3 is 15.2 Å². The molecule has 0 unspecified atom stereocenters. The van der Waals surface area contributed by atoms with E-state index in [0.29, 0.717) is 22.5 Å². The summed E-state index contributed by atoms with van der Waals surface area (Å²) < 4.78 is 15.0. The van der Waals surface area contributed by atoms with E-state index in [1.54, 1.807) is 34.7 Å². The molecule has 2 aromatic rings. The average molecular weight is 458 g/mol. The molecule has 0 aliphatic rings. The predicted octanol–water partition coefficient (Wildman–Crippen LogP) is 4.03. The number of Topliss-reactive ketones (excluding diaryl/α,β-unsaturated/α-hetero) is 2. The van der Waals surface area contributed by atoms with Crippen LogP contribution >= 0.6 is 0 Å². The van der Waals surface area contributed by atoms with Crippen molar-refractivity contribution in [1.82, 2.24) is 9.88 Å².